The van der Waals surface area contributed by atoms with Crippen molar-refractivity contribution in [1.29, 1.82) is 0 Å². The molecular weight excluding hydrogens is 681 g/mol. The van der Waals surface area contributed by atoms with Gasteiger partial charge in [0.1, 0.15) is 11.5 Å². The number of rotatable bonds is 2. The molecule has 9 aromatic rings. The Morgan fingerprint density at radius 3 is 1.66 bits per heavy atom. The van der Waals surface area contributed by atoms with Crippen molar-refractivity contribution in [2.24, 2.45) is 0 Å². The second-order valence-electron chi connectivity index (χ2n) is 15.8. The number of anilines is 6. The lowest BCUT2D eigenvalue weighted by atomic mass is 9.34. The van der Waals surface area contributed by atoms with Crippen molar-refractivity contribution in [3.8, 4) is 17.2 Å². The highest BCUT2D eigenvalue weighted by molar-refractivity contribution is 6.99. The van der Waals surface area contributed by atoms with Crippen molar-refractivity contribution >= 4 is 79.0 Å². The summed E-state index contributed by atoms with van der Waals surface area (Å²) < 4.78 is 9.31. The molecule has 0 fully saturated rings. The molecule has 4 aliphatic heterocycles. The Bertz CT molecular complexity index is 3090. The molecule has 0 bridgehead atoms. The molecule has 0 radical (unpaired) electrons. The van der Waals surface area contributed by atoms with Gasteiger partial charge >= 0.3 is 0 Å². The van der Waals surface area contributed by atoms with Crippen LogP contribution in [0.2, 0.25) is 0 Å². The van der Waals surface area contributed by atoms with E-state index in [-0.39, 0.29) is 6.71 Å². The number of hydrogen-bond donors (Lipinski definition) is 0. The Morgan fingerprint density at radius 1 is 0.464 bits per heavy atom. The van der Waals surface area contributed by atoms with E-state index in [0.717, 1.165) is 30.0 Å². The summed E-state index contributed by atoms with van der Waals surface area (Å²) in [7, 11) is 0. The van der Waals surface area contributed by atoms with Crippen LogP contribution in [0.25, 0.3) is 27.5 Å². The van der Waals surface area contributed by atoms with E-state index in [0.29, 0.717) is 0 Å². The smallest absolute Gasteiger partial charge is 0.256 e. The highest BCUT2D eigenvalue weighted by atomic mass is 16.5. The first-order valence-corrected chi connectivity index (χ1v) is 19.6. The Kier molecular flexibility index (Phi) is 5.99. The quantitative estimate of drug-likeness (QED) is 0.166. The fourth-order valence-corrected chi connectivity index (χ4v) is 10.3. The van der Waals surface area contributed by atoms with E-state index in [1.165, 1.54) is 100 Å². The third kappa shape index (κ3) is 4.04. The molecule has 0 spiro atoms. The van der Waals surface area contributed by atoms with Crippen molar-refractivity contribution in [2.75, 3.05) is 9.80 Å². The molecule has 5 heterocycles. The molecule has 1 aromatic heterocycles. The van der Waals surface area contributed by atoms with Crippen molar-refractivity contribution < 1.29 is 4.74 Å². The molecule has 262 valence electrons. The zero-order chi connectivity index (χ0) is 36.6. The van der Waals surface area contributed by atoms with Crippen LogP contribution in [0.1, 0.15) is 27.8 Å². The minimum absolute atomic E-state index is 0.0143. The molecule has 0 N–H and O–H groups in total. The first kappa shape index (κ1) is 30.4. The van der Waals surface area contributed by atoms with Crippen molar-refractivity contribution in [3.05, 3.63) is 192 Å². The minimum Gasteiger partial charge on any atom is -0.458 e. The lowest BCUT2D eigenvalue weighted by Crippen LogP contribution is -2.58. The van der Waals surface area contributed by atoms with Gasteiger partial charge in [-0.05, 0) is 124 Å². The maximum Gasteiger partial charge on any atom is 0.256 e. The minimum atomic E-state index is 0.0143. The van der Waals surface area contributed by atoms with Gasteiger partial charge in [-0.3, -0.25) is 0 Å². The van der Waals surface area contributed by atoms with Crippen molar-refractivity contribution in [3.63, 3.8) is 0 Å². The third-order valence-electron chi connectivity index (χ3n) is 12.6. The second-order valence-corrected chi connectivity index (χ2v) is 15.8. The van der Waals surface area contributed by atoms with Gasteiger partial charge in [0.05, 0.1) is 5.52 Å². The monoisotopic (exact) mass is 715 g/mol. The van der Waals surface area contributed by atoms with Gasteiger partial charge in [0.2, 0.25) is 0 Å². The number of benzene rings is 8. The highest BCUT2D eigenvalue weighted by Gasteiger charge is 2.41. The Balaban J connectivity index is 1.15. The first-order valence-electron chi connectivity index (χ1n) is 19.6. The largest absolute Gasteiger partial charge is 0.458 e. The van der Waals surface area contributed by atoms with Gasteiger partial charge in [-0.25, -0.2) is 0 Å². The van der Waals surface area contributed by atoms with E-state index in [1.54, 1.807) is 0 Å². The van der Waals surface area contributed by atoms with Crippen molar-refractivity contribution in [1.82, 2.24) is 4.57 Å². The third-order valence-corrected chi connectivity index (χ3v) is 12.6. The van der Waals surface area contributed by atoms with Crippen LogP contribution in [0.4, 0.5) is 34.1 Å². The normalized spacial score (nSPS) is 14.1. The predicted octanol–water partition coefficient (Wildman–Crippen LogP) is 10.8. The molecule has 4 nitrogen and oxygen atoms in total. The van der Waals surface area contributed by atoms with Gasteiger partial charge in [-0.15, -0.1) is 0 Å². The number of aromatic nitrogens is 1. The number of fused-ring (bicyclic) bond motifs is 11. The van der Waals surface area contributed by atoms with Crippen LogP contribution in [0.5, 0.6) is 11.5 Å². The molecule has 0 saturated heterocycles. The topological polar surface area (TPSA) is 20.6 Å². The maximum atomic E-state index is 6.78. The molecule has 4 aliphatic rings. The van der Waals surface area contributed by atoms with Crippen LogP contribution in [-0.4, -0.2) is 11.3 Å². The van der Waals surface area contributed by atoms with Crippen LogP contribution in [0.3, 0.4) is 0 Å². The average molecular weight is 716 g/mol. The highest BCUT2D eigenvalue weighted by Crippen LogP contribution is 2.49. The molecule has 0 amide bonds. The molecule has 5 heteroatoms. The van der Waals surface area contributed by atoms with Crippen LogP contribution >= 0.6 is 0 Å². The van der Waals surface area contributed by atoms with E-state index in [4.69, 9.17) is 4.74 Å². The zero-order valence-corrected chi connectivity index (χ0v) is 30.8. The summed E-state index contributed by atoms with van der Waals surface area (Å²) in [5.74, 6) is 1.88. The van der Waals surface area contributed by atoms with Gasteiger partial charge in [0.15, 0.2) is 0 Å². The Morgan fingerprint density at radius 2 is 1.02 bits per heavy atom. The van der Waals surface area contributed by atoms with Gasteiger partial charge in [-0.2, -0.15) is 0 Å². The second kappa shape index (κ2) is 11.1. The standard InChI is InChI=1S/C51H34BN3O/c1-31-24-47-50-49(25-31)56-48-21-11-6-16-40(48)52(50)41-30-37(54-44-19-9-4-14-34(44)27-35-15-5-10-20-45(35)54)29-39-38-28-36(22-23-46(38)55(47)51(39)41)53-42-17-7-2-12-32(42)26-33-13-3-8-18-43(33)53/h2-25,28-30H,26-27H2,1H3. The molecule has 0 unspecified atom stereocenters. The average Bonchev–Trinajstić information content (AvgIpc) is 3.57. The summed E-state index contributed by atoms with van der Waals surface area (Å²) >= 11 is 0. The number of ether oxygens (including phenoxy) is 1. The first-order chi connectivity index (χ1) is 27.7. The van der Waals surface area contributed by atoms with Crippen LogP contribution < -0.4 is 30.9 Å². The predicted molar refractivity (Wildman–Crippen MR) is 232 cm³/mol. The van der Waals surface area contributed by atoms with Crippen LogP contribution in [0.15, 0.2) is 164 Å². The van der Waals surface area contributed by atoms with Crippen LogP contribution in [0, 0.1) is 6.92 Å². The lowest BCUT2D eigenvalue weighted by molar-refractivity contribution is 0.487. The fraction of sp³-hybridized carbons (Fsp3) is 0.0588. The number of para-hydroxylation sites is 5. The number of nitrogens with zero attached hydrogens (tertiary/aromatic N) is 3. The summed E-state index contributed by atoms with van der Waals surface area (Å²) in [6, 6.07) is 60.9. The maximum absolute atomic E-state index is 6.78. The SMILES string of the molecule is Cc1cc2c3c(c1)-n1c4ccc(N5c6ccccc6Cc6ccccc65)cc4c4cc(N5c6ccccc6Cc6ccccc65)cc(c41)B3c1ccccc1O2. The van der Waals surface area contributed by atoms with E-state index in [9.17, 15) is 0 Å². The van der Waals surface area contributed by atoms with Crippen LogP contribution in [-0.2, 0) is 12.8 Å². The summed E-state index contributed by atoms with van der Waals surface area (Å²) in [6.07, 6.45) is 1.85. The molecule has 8 aromatic carbocycles. The molecule has 56 heavy (non-hydrogen) atoms. The Hall–Kier alpha value is -6.98. The van der Waals surface area contributed by atoms with Gasteiger partial charge in [-0.1, -0.05) is 91.0 Å². The fourth-order valence-electron chi connectivity index (χ4n) is 10.3. The van der Waals surface area contributed by atoms with Crippen molar-refractivity contribution in [2.45, 2.75) is 19.8 Å². The summed E-state index contributed by atoms with van der Waals surface area (Å²) in [5, 5.41) is 2.49. The lowest BCUT2D eigenvalue weighted by Gasteiger charge is -2.36. The molecule has 0 atom stereocenters. The number of aryl methyl sites for hydroxylation is 1. The van der Waals surface area contributed by atoms with Gasteiger partial charge in [0, 0.05) is 68.9 Å². The molecular formula is C51H34BN3O. The Labute approximate surface area is 325 Å². The molecule has 13 rings (SSSR count). The van der Waals surface area contributed by atoms with E-state index in [2.05, 4.69) is 185 Å². The van der Waals surface area contributed by atoms with E-state index in [1.807, 2.05) is 0 Å². The summed E-state index contributed by atoms with van der Waals surface area (Å²) in [5.41, 5.74) is 21.3. The van der Waals surface area contributed by atoms with Gasteiger partial charge < -0.3 is 19.1 Å². The van der Waals surface area contributed by atoms with Gasteiger partial charge in [0.25, 0.3) is 6.71 Å². The zero-order valence-electron chi connectivity index (χ0n) is 30.8. The molecule has 0 saturated carbocycles. The summed E-state index contributed by atoms with van der Waals surface area (Å²) in [4.78, 5) is 4.97. The van der Waals surface area contributed by atoms with E-state index < -0.39 is 0 Å². The number of hydrogen-bond acceptors (Lipinski definition) is 3. The molecule has 0 aliphatic carbocycles. The summed E-state index contributed by atoms with van der Waals surface area (Å²) in [6.45, 7) is 2.20. The van der Waals surface area contributed by atoms with E-state index >= 15 is 0 Å².